The smallest absolute Gasteiger partial charge is 0.0446 e. The Morgan fingerprint density at radius 3 is 2.71 bits per heavy atom. The number of halogens is 1. The third-order valence-electron chi connectivity index (χ3n) is 2.37. The second-order valence-electron chi connectivity index (χ2n) is 4.20. The molecular formula is C13H21ClN2S. The van der Waals surface area contributed by atoms with E-state index in [1.54, 1.807) is 0 Å². The summed E-state index contributed by atoms with van der Waals surface area (Å²) in [5, 5.41) is 4.30. The normalized spacial score (nSPS) is 11.1. The van der Waals surface area contributed by atoms with Crippen molar-refractivity contribution in [3.63, 3.8) is 0 Å². The van der Waals surface area contributed by atoms with E-state index in [1.807, 2.05) is 30.0 Å². The predicted molar refractivity (Wildman–Crippen MR) is 79.0 cm³/mol. The van der Waals surface area contributed by atoms with Gasteiger partial charge in [0, 0.05) is 36.2 Å². The summed E-state index contributed by atoms with van der Waals surface area (Å²) >= 11 is 8.01. The summed E-state index contributed by atoms with van der Waals surface area (Å²) in [5.41, 5.74) is 1.23. The van der Waals surface area contributed by atoms with E-state index >= 15 is 0 Å². The van der Waals surface area contributed by atoms with Crippen LogP contribution in [0.3, 0.4) is 0 Å². The minimum atomic E-state index is 0.876. The van der Waals surface area contributed by atoms with E-state index in [0.29, 0.717) is 0 Å². The quantitative estimate of drug-likeness (QED) is 0.733. The van der Waals surface area contributed by atoms with Crippen molar-refractivity contribution in [3.05, 3.63) is 34.9 Å². The summed E-state index contributed by atoms with van der Waals surface area (Å²) in [6.45, 7) is 3.21. The van der Waals surface area contributed by atoms with Gasteiger partial charge < -0.3 is 10.2 Å². The van der Waals surface area contributed by atoms with Crippen molar-refractivity contribution in [3.8, 4) is 0 Å². The van der Waals surface area contributed by atoms with Gasteiger partial charge in [-0.1, -0.05) is 29.8 Å². The lowest BCUT2D eigenvalue weighted by atomic mass is 10.2. The van der Waals surface area contributed by atoms with Gasteiger partial charge in [-0.15, -0.1) is 0 Å². The summed E-state index contributed by atoms with van der Waals surface area (Å²) in [6.07, 6.45) is 0. The molecule has 0 saturated heterocycles. The zero-order chi connectivity index (χ0) is 12.5. The highest BCUT2D eigenvalue weighted by molar-refractivity contribution is 7.98. The Balaban J connectivity index is 2.03. The number of nitrogens with zero attached hydrogens (tertiary/aromatic N) is 1. The summed E-state index contributed by atoms with van der Waals surface area (Å²) in [5.74, 6) is 2.12. The van der Waals surface area contributed by atoms with Crippen LogP contribution in [0.25, 0.3) is 0 Å². The van der Waals surface area contributed by atoms with Crippen molar-refractivity contribution in [1.82, 2.24) is 10.2 Å². The zero-order valence-corrected chi connectivity index (χ0v) is 12.2. The molecule has 96 valence electrons. The molecule has 0 spiro atoms. The Kier molecular flexibility index (Phi) is 7.69. The number of hydrogen-bond donors (Lipinski definition) is 1. The molecule has 1 aromatic carbocycles. The van der Waals surface area contributed by atoms with Crippen LogP contribution in [0.5, 0.6) is 0 Å². The van der Waals surface area contributed by atoms with Gasteiger partial charge in [-0.2, -0.15) is 11.8 Å². The maximum absolute atomic E-state index is 6.09. The van der Waals surface area contributed by atoms with Gasteiger partial charge in [0.15, 0.2) is 0 Å². The zero-order valence-electron chi connectivity index (χ0n) is 10.6. The number of likely N-dealkylation sites (N-methyl/N-ethyl adjacent to an activating group) is 1. The molecule has 0 bridgehead atoms. The van der Waals surface area contributed by atoms with Crippen molar-refractivity contribution in [2.45, 2.75) is 5.75 Å². The van der Waals surface area contributed by atoms with Crippen LogP contribution in [-0.2, 0) is 5.75 Å². The van der Waals surface area contributed by atoms with Gasteiger partial charge in [-0.3, -0.25) is 0 Å². The van der Waals surface area contributed by atoms with Gasteiger partial charge in [-0.25, -0.2) is 0 Å². The first kappa shape index (κ1) is 14.8. The molecule has 1 rings (SSSR count). The SMILES string of the molecule is CN(C)CCNCCSCc1ccccc1Cl. The van der Waals surface area contributed by atoms with Crippen LogP contribution >= 0.6 is 23.4 Å². The monoisotopic (exact) mass is 272 g/mol. The van der Waals surface area contributed by atoms with Gasteiger partial charge in [-0.05, 0) is 25.7 Å². The van der Waals surface area contributed by atoms with Crippen LogP contribution < -0.4 is 5.32 Å². The first-order valence-corrected chi connectivity index (χ1v) is 7.40. The van der Waals surface area contributed by atoms with Crippen molar-refractivity contribution < 1.29 is 0 Å². The van der Waals surface area contributed by atoms with E-state index in [1.165, 1.54) is 5.56 Å². The molecule has 4 heteroatoms. The highest BCUT2D eigenvalue weighted by atomic mass is 35.5. The average molecular weight is 273 g/mol. The maximum atomic E-state index is 6.09. The lowest BCUT2D eigenvalue weighted by molar-refractivity contribution is 0.403. The molecule has 0 heterocycles. The molecule has 0 saturated carbocycles. The van der Waals surface area contributed by atoms with Crippen molar-refractivity contribution >= 4 is 23.4 Å². The lowest BCUT2D eigenvalue weighted by Crippen LogP contribution is -2.27. The Hall–Kier alpha value is -0.220. The fourth-order valence-electron chi connectivity index (χ4n) is 1.37. The van der Waals surface area contributed by atoms with Gasteiger partial charge in [0.25, 0.3) is 0 Å². The second kappa shape index (κ2) is 8.81. The molecule has 0 aliphatic carbocycles. The molecule has 0 aliphatic heterocycles. The van der Waals surface area contributed by atoms with E-state index in [2.05, 4.69) is 30.4 Å². The second-order valence-corrected chi connectivity index (χ2v) is 5.71. The average Bonchev–Trinajstić information content (AvgIpc) is 2.30. The Bertz CT molecular complexity index is 318. The Labute approximate surface area is 114 Å². The molecule has 1 aromatic rings. The van der Waals surface area contributed by atoms with Gasteiger partial charge >= 0.3 is 0 Å². The minimum Gasteiger partial charge on any atom is -0.315 e. The largest absolute Gasteiger partial charge is 0.315 e. The van der Waals surface area contributed by atoms with E-state index < -0.39 is 0 Å². The van der Waals surface area contributed by atoms with Crippen LogP contribution in [-0.4, -0.2) is 44.4 Å². The number of thioether (sulfide) groups is 1. The van der Waals surface area contributed by atoms with E-state index in [9.17, 15) is 0 Å². The van der Waals surface area contributed by atoms with Gasteiger partial charge in [0.1, 0.15) is 0 Å². The molecule has 1 N–H and O–H groups in total. The van der Waals surface area contributed by atoms with Gasteiger partial charge in [0.2, 0.25) is 0 Å². The molecule has 0 aliphatic rings. The Morgan fingerprint density at radius 2 is 2.00 bits per heavy atom. The third-order valence-corrected chi connectivity index (χ3v) is 3.75. The summed E-state index contributed by atoms with van der Waals surface area (Å²) in [7, 11) is 4.18. The molecule has 0 unspecified atom stereocenters. The predicted octanol–water partition coefficient (Wildman–Crippen LogP) is 2.72. The molecule has 0 radical (unpaired) electrons. The first-order valence-electron chi connectivity index (χ1n) is 5.86. The fourth-order valence-corrected chi connectivity index (χ4v) is 2.56. The van der Waals surface area contributed by atoms with Crippen molar-refractivity contribution in [1.29, 1.82) is 0 Å². The highest BCUT2D eigenvalue weighted by Gasteiger charge is 1.98. The van der Waals surface area contributed by atoms with Crippen molar-refractivity contribution in [2.24, 2.45) is 0 Å². The highest BCUT2D eigenvalue weighted by Crippen LogP contribution is 2.20. The van der Waals surface area contributed by atoms with Crippen LogP contribution in [0.1, 0.15) is 5.56 Å². The van der Waals surface area contributed by atoms with Crippen LogP contribution in [0.15, 0.2) is 24.3 Å². The molecule has 0 aromatic heterocycles. The molecule has 17 heavy (non-hydrogen) atoms. The number of hydrogen-bond acceptors (Lipinski definition) is 3. The number of benzene rings is 1. The molecular weight excluding hydrogens is 252 g/mol. The fraction of sp³-hybridized carbons (Fsp3) is 0.538. The van der Waals surface area contributed by atoms with Crippen LogP contribution in [0, 0.1) is 0 Å². The van der Waals surface area contributed by atoms with Crippen LogP contribution in [0.2, 0.25) is 5.02 Å². The Morgan fingerprint density at radius 1 is 1.24 bits per heavy atom. The number of nitrogens with one attached hydrogen (secondary N) is 1. The summed E-state index contributed by atoms with van der Waals surface area (Å²) < 4.78 is 0. The van der Waals surface area contributed by atoms with E-state index in [4.69, 9.17) is 11.6 Å². The molecule has 0 atom stereocenters. The first-order chi connectivity index (χ1) is 8.20. The third kappa shape index (κ3) is 6.94. The maximum Gasteiger partial charge on any atom is 0.0446 e. The molecule has 0 amide bonds. The lowest BCUT2D eigenvalue weighted by Gasteiger charge is -2.10. The minimum absolute atomic E-state index is 0.876. The summed E-state index contributed by atoms with van der Waals surface area (Å²) in [6, 6.07) is 8.05. The number of rotatable bonds is 8. The van der Waals surface area contributed by atoms with Crippen LogP contribution in [0.4, 0.5) is 0 Å². The van der Waals surface area contributed by atoms with Crippen molar-refractivity contribution in [2.75, 3.05) is 39.5 Å². The topological polar surface area (TPSA) is 15.3 Å². The summed E-state index contributed by atoms with van der Waals surface area (Å²) in [4.78, 5) is 2.18. The molecule has 2 nitrogen and oxygen atoms in total. The van der Waals surface area contributed by atoms with Gasteiger partial charge in [0.05, 0.1) is 0 Å². The van der Waals surface area contributed by atoms with E-state index in [-0.39, 0.29) is 0 Å². The standard InChI is InChI=1S/C13H21ClN2S/c1-16(2)9-7-15-8-10-17-11-12-5-3-4-6-13(12)14/h3-6,15H,7-11H2,1-2H3. The van der Waals surface area contributed by atoms with E-state index in [0.717, 1.165) is 36.2 Å². The molecule has 0 fully saturated rings.